The van der Waals surface area contributed by atoms with Gasteiger partial charge in [0.15, 0.2) is 11.0 Å². The topological polar surface area (TPSA) is 43.9 Å². The Balaban J connectivity index is 1.48. The van der Waals surface area contributed by atoms with E-state index in [1.165, 1.54) is 47.1 Å². The second-order valence-corrected chi connectivity index (χ2v) is 12.1. The monoisotopic (exact) mass is 575 g/mol. The number of furan rings is 1. The molecule has 0 N–H and O–H groups in total. The van der Waals surface area contributed by atoms with Gasteiger partial charge in [-0.2, -0.15) is 4.98 Å². The van der Waals surface area contributed by atoms with Crippen molar-refractivity contribution in [2.24, 2.45) is 0 Å². The summed E-state index contributed by atoms with van der Waals surface area (Å²) in [5.41, 5.74) is 4.00. The van der Waals surface area contributed by atoms with Gasteiger partial charge in [-0.25, -0.2) is 4.98 Å². The zero-order valence-electron chi connectivity index (χ0n) is 21.9. The van der Waals surface area contributed by atoms with E-state index >= 15 is 0 Å². The molecule has 4 aromatic heterocycles. The Morgan fingerprint density at radius 2 is 1.31 bits per heavy atom. The first-order valence-corrected chi connectivity index (χ1v) is 15.0. The molecular weight excluding hydrogens is 558 g/mol. The molecule has 4 heterocycles. The van der Waals surface area contributed by atoms with Crippen LogP contribution in [0.3, 0.4) is 0 Å². The van der Waals surface area contributed by atoms with Gasteiger partial charge in [0.1, 0.15) is 11.1 Å². The Morgan fingerprint density at radius 3 is 2.17 bits per heavy atom. The van der Waals surface area contributed by atoms with Crippen molar-refractivity contribution in [3.8, 4) is 5.82 Å². The molecule has 0 aliphatic carbocycles. The number of halogens is 1. The number of hydrogen-bond acceptors (Lipinski definition) is 4. The van der Waals surface area contributed by atoms with Gasteiger partial charge in [0.25, 0.3) is 0 Å². The van der Waals surface area contributed by atoms with Crippen LogP contribution < -0.4 is 0 Å². The molecule has 42 heavy (non-hydrogen) atoms. The molecule has 0 spiro atoms. The average molecular weight is 576 g/mol. The van der Waals surface area contributed by atoms with Crippen LogP contribution in [-0.4, -0.2) is 14.5 Å². The molecule has 0 aliphatic rings. The average Bonchev–Trinajstić information content (AvgIpc) is 3.70. The zero-order chi connectivity index (χ0) is 27.5. The summed E-state index contributed by atoms with van der Waals surface area (Å²) in [5, 5.41) is 11.1. The molecule has 0 unspecified atom stereocenters. The van der Waals surface area contributed by atoms with Crippen molar-refractivity contribution in [2.45, 2.75) is 0 Å². The third-order valence-corrected chi connectivity index (χ3v) is 9.92. The second-order valence-electron chi connectivity index (χ2n) is 10.7. The molecule has 0 amide bonds. The van der Waals surface area contributed by atoms with Crippen molar-refractivity contribution in [3.63, 3.8) is 0 Å². The first-order valence-electron chi connectivity index (χ1n) is 13.8. The Kier molecular flexibility index (Phi) is 4.36. The van der Waals surface area contributed by atoms with Gasteiger partial charge in [0, 0.05) is 31.6 Å². The summed E-state index contributed by atoms with van der Waals surface area (Å²) in [6, 6.07) is 38.2. The summed E-state index contributed by atoms with van der Waals surface area (Å²) < 4.78 is 10.8. The molecule has 6 aromatic carbocycles. The largest absolute Gasteiger partial charge is 0.436 e. The van der Waals surface area contributed by atoms with E-state index < -0.39 is 0 Å². The molecule has 0 atom stereocenters. The molecule has 0 saturated carbocycles. The minimum atomic E-state index is 0.338. The highest BCUT2D eigenvalue weighted by Crippen LogP contribution is 2.49. The lowest BCUT2D eigenvalue weighted by atomic mass is 9.97. The van der Waals surface area contributed by atoms with Crippen LogP contribution in [0.5, 0.6) is 0 Å². The number of hydrogen-bond donors (Lipinski definition) is 0. The van der Waals surface area contributed by atoms with Gasteiger partial charge in [-0.1, -0.05) is 96.5 Å². The van der Waals surface area contributed by atoms with Crippen LogP contribution in [0.1, 0.15) is 0 Å². The van der Waals surface area contributed by atoms with Gasteiger partial charge in [0.2, 0.25) is 5.71 Å². The lowest BCUT2D eigenvalue weighted by molar-refractivity contribution is 0.651. The number of benzene rings is 6. The zero-order valence-corrected chi connectivity index (χ0v) is 23.5. The summed E-state index contributed by atoms with van der Waals surface area (Å²) in [6.07, 6.45) is 0. The molecule has 0 fully saturated rings. The predicted octanol–water partition coefficient (Wildman–Crippen LogP) is 10.8. The van der Waals surface area contributed by atoms with Gasteiger partial charge in [-0.15, -0.1) is 11.3 Å². The van der Waals surface area contributed by atoms with Crippen LogP contribution in [0.15, 0.2) is 114 Å². The van der Waals surface area contributed by atoms with E-state index in [0.717, 1.165) is 27.4 Å². The summed E-state index contributed by atoms with van der Waals surface area (Å²) in [5.74, 6) is 0.563. The van der Waals surface area contributed by atoms with Crippen LogP contribution in [-0.2, 0) is 0 Å². The van der Waals surface area contributed by atoms with Crippen LogP contribution in [0, 0.1) is 0 Å². The SMILES string of the molecule is Clc1nc2c(nc1-n1c3ccccc3c3c4ccccc4c4c(sc5ccc6ccccc6c54)c31)oc1ccccc12. The number of para-hydroxylation sites is 2. The molecule has 0 saturated heterocycles. The number of nitrogens with zero attached hydrogens (tertiary/aromatic N) is 3. The Bertz CT molecular complexity index is 2770. The van der Waals surface area contributed by atoms with Crippen molar-refractivity contribution in [3.05, 3.63) is 114 Å². The van der Waals surface area contributed by atoms with E-state index in [4.69, 9.17) is 26.0 Å². The van der Waals surface area contributed by atoms with E-state index in [-0.39, 0.29) is 0 Å². The first kappa shape index (κ1) is 22.7. The van der Waals surface area contributed by atoms with Crippen molar-refractivity contribution in [1.82, 2.24) is 14.5 Å². The molecule has 0 aliphatic heterocycles. The van der Waals surface area contributed by atoms with E-state index in [0.29, 0.717) is 22.2 Å². The summed E-state index contributed by atoms with van der Waals surface area (Å²) >= 11 is 8.87. The summed E-state index contributed by atoms with van der Waals surface area (Å²) in [7, 11) is 0. The molecular formula is C36H18ClN3OS. The number of aromatic nitrogens is 3. The van der Waals surface area contributed by atoms with Crippen molar-refractivity contribution in [2.75, 3.05) is 0 Å². The lowest BCUT2D eigenvalue weighted by Crippen LogP contribution is -2.00. The van der Waals surface area contributed by atoms with Crippen LogP contribution in [0.25, 0.3) is 91.5 Å². The van der Waals surface area contributed by atoms with E-state index in [1.54, 1.807) is 0 Å². The molecule has 10 aromatic rings. The maximum absolute atomic E-state index is 7.05. The number of rotatable bonds is 1. The molecule has 4 nitrogen and oxygen atoms in total. The minimum Gasteiger partial charge on any atom is -0.436 e. The summed E-state index contributed by atoms with van der Waals surface area (Å²) in [4.78, 5) is 9.90. The highest BCUT2D eigenvalue weighted by molar-refractivity contribution is 7.27. The fourth-order valence-corrected chi connectivity index (χ4v) is 8.28. The third kappa shape index (κ3) is 2.82. The molecule has 0 radical (unpaired) electrons. The van der Waals surface area contributed by atoms with Crippen molar-refractivity contribution in [1.29, 1.82) is 0 Å². The van der Waals surface area contributed by atoms with Gasteiger partial charge in [0.05, 0.1) is 15.7 Å². The molecule has 10 rings (SSSR count). The Labute approximate surface area is 247 Å². The normalized spacial score (nSPS) is 12.4. The minimum absolute atomic E-state index is 0.338. The molecule has 6 heteroatoms. The van der Waals surface area contributed by atoms with E-state index in [2.05, 4.69) is 89.5 Å². The fourth-order valence-electron chi connectivity index (χ4n) is 6.79. The summed E-state index contributed by atoms with van der Waals surface area (Å²) in [6.45, 7) is 0. The second kappa shape index (κ2) is 8.07. The first-order chi connectivity index (χ1) is 20.8. The van der Waals surface area contributed by atoms with Crippen LogP contribution in [0.4, 0.5) is 0 Å². The third-order valence-electron chi connectivity index (χ3n) is 8.50. The number of fused-ring (bicyclic) bond motifs is 15. The molecule has 0 bridgehead atoms. The van der Waals surface area contributed by atoms with Crippen LogP contribution >= 0.6 is 22.9 Å². The fraction of sp³-hybridized carbons (Fsp3) is 0. The maximum Gasteiger partial charge on any atom is 0.248 e. The molecule has 196 valence electrons. The Hall–Kier alpha value is -4.97. The smallest absolute Gasteiger partial charge is 0.248 e. The standard InChI is InChI=1S/C36H18ClN3OS/c37-34-35(39-36-31(38-34)24-14-6-8-16-26(24)41-36)40-25-15-7-5-13-23(25)28-21-11-3-4-12-22(21)30-29-20-10-2-1-9-19(20)17-18-27(29)42-33(30)32(28)40/h1-18H. The highest BCUT2D eigenvalue weighted by Gasteiger charge is 2.25. The van der Waals surface area contributed by atoms with Gasteiger partial charge >= 0.3 is 0 Å². The van der Waals surface area contributed by atoms with Gasteiger partial charge < -0.3 is 4.42 Å². The maximum atomic E-state index is 7.05. The lowest BCUT2D eigenvalue weighted by Gasteiger charge is -2.10. The van der Waals surface area contributed by atoms with Crippen molar-refractivity contribution >= 4 is 109 Å². The van der Waals surface area contributed by atoms with E-state index in [1.807, 2.05) is 35.6 Å². The van der Waals surface area contributed by atoms with Gasteiger partial charge in [-0.05, 0) is 45.8 Å². The van der Waals surface area contributed by atoms with Crippen LogP contribution in [0.2, 0.25) is 5.15 Å². The quantitative estimate of drug-likeness (QED) is 0.195. The number of thiophene rings is 1. The van der Waals surface area contributed by atoms with Gasteiger partial charge in [-0.3, -0.25) is 4.57 Å². The van der Waals surface area contributed by atoms with E-state index in [9.17, 15) is 0 Å². The predicted molar refractivity (Wildman–Crippen MR) is 177 cm³/mol. The highest BCUT2D eigenvalue weighted by atomic mass is 35.5. The van der Waals surface area contributed by atoms with Crippen molar-refractivity contribution < 1.29 is 4.42 Å². The Morgan fingerprint density at radius 1 is 0.619 bits per heavy atom.